The van der Waals surface area contributed by atoms with Crippen LogP contribution in [0.1, 0.15) is 51.7 Å². The van der Waals surface area contributed by atoms with Crippen molar-refractivity contribution in [2.75, 3.05) is 18.5 Å². The molecule has 0 fully saturated rings. The molecule has 0 aliphatic rings. The Labute approximate surface area is 119 Å². The largest absolute Gasteiger partial charge is 0.374 e. The maximum Gasteiger partial charge on any atom is 0.0393 e. The maximum atomic E-state index is 3.53. The number of hydrogen-bond acceptors (Lipinski definition) is 2. The standard InChI is InChI=1S/C17H30N2/c1-7-8-11-19(6)16-10-9-15(12-14(16)2)13-18-17(3,4)5/h9-10,12,18H,7-8,11,13H2,1-6H3. The summed E-state index contributed by atoms with van der Waals surface area (Å²) in [6.45, 7) is 13.1. The van der Waals surface area contributed by atoms with E-state index in [2.05, 4.69) is 70.1 Å². The third-order valence-electron chi connectivity index (χ3n) is 3.34. The first-order valence-electron chi connectivity index (χ1n) is 7.39. The van der Waals surface area contributed by atoms with Gasteiger partial charge in [-0.05, 0) is 51.3 Å². The summed E-state index contributed by atoms with van der Waals surface area (Å²) in [4.78, 5) is 2.36. The van der Waals surface area contributed by atoms with Gasteiger partial charge in [-0.25, -0.2) is 0 Å². The highest BCUT2D eigenvalue weighted by molar-refractivity contribution is 5.53. The van der Waals surface area contributed by atoms with Crippen LogP contribution in [0.25, 0.3) is 0 Å². The van der Waals surface area contributed by atoms with E-state index in [1.54, 1.807) is 0 Å². The van der Waals surface area contributed by atoms with E-state index < -0.39 is 0 Å². The minimum absolute atomic E-state index is 0.171. The molecule has 1 rings (SSSR count). The van der Waals surface area contributed by atoms with Gasteiger partial charge in [0, 0.05) is 31.4 Å². The minimum atomic E-state index is 0.171. The van der Waals surface area contributed by atoms with Crippen LogP contribution in [0.15, 0.2) is 18.2 Å². The fraction of sp³-hybridized carbons (Fsp3) is 0.647. The fourth-order valence-electron chi connectivity index (χ4n) is 2.14. The summed E-state index contributed by atoms with van der Waals surface area (Å²) in [5.41, 5.74) is 4.25. The van der Waals surface area contributed by atoms with Gasteiger partial charge in [0.2, 0.25) is 0 Å². The highest BCUT2D eigenvalue weighted by atomic mass is 15.1. The SMILES string of the molecule is CCCCN(C)c1ccc(CNC(C)(C)C)cc1C. The lowest BCUT2D eigenvalue weighted by Crippen LogP contribution is -2.35. The van der Waals surface area contributed by atoms with E-state index in [0.717, 1.165) is 13.1 Å². The predicted octanol–water partition coefficient (Wildman–Crippen LogP) is 4.12. The lowest BCUT2D eigenvalue weighted by molar-refractivity contribution is 0.424. The quantitative estimate of drug-likeness (QED) is 0.829. The summed E-state index contributed by atoms with van der Waals surface area (Å²) in [5.74, 6) is 0. The van der Waals surface area contributed by atoms with Crippen molar-refractivity contribution >= 4 is 5.69 Å². The molecule has 0 bridgehead atoms. The Morgan fingerprint density at radius 2 is 1.89 bits per heavy atom. The van der Waals surface area contributed by atoms with E-state index in [9.17, 15) is 0 Å². The first-order chi connectivity index (χ1) is 8.83. The van der Waals surface area contributed by atoms with Gasteiger partial charge in [-0.15, -0.1) is 0 Å². The van der Waals surface area contributed by atoms with Gasteiger partial charge in [0.1, 0.15) is 0 Å². The number of benzene rings is 1. The molecule has 2 nitrogen and oxygen atoms in total. The fourth-order valence-corrected chi connectivity index (χ4v) is 2.14. The molecular weight excluding hydrogens is 232 g/mol. The number of nitrogens with one attached hydrogen (secondary N) is 1. The molecule has 0 atom stereocenters. The Morgan fingerprint density at radius 1 is 1.21 bits per heavy atom. The molecule has 0 saturated heterocycles. The second kappa shape index (κ2) is 6.95. The third-order valence-corrected chi connectivity index (χ3v) is 3.34. The smallest absolute Gasteiger partial charge is 0.0393 e. The molecular formula is C17H30N2. The van der Waals surface area contributed by atoms with Crippen molar-refractivity contribution in [2.24, 2.45) is 0 Å². The van der Waals surface area contributed by atoms with Crippen molar-refractivity contribution in [1.82, 2.24) is 5.32 Å². The van der Waals surface area contributed by atoms with Gasteiger partial charge in [-0.1, -0.05) is 25.5 Å². The summed E-state index contributed by atoms with van der Waals surface area (Å²) in [6, 6.07) is 6.80. The van der Waals surface area contributed by atoms with Gasteiger partial charge in [0.25, 0.3) is 0 Å². The highest BCUT2D eigenvalue weighted by Gasteiger charge is 2.09. The summed E-state index contributed by atoms with van der Waals surface area (Å²) in [5, 5.41) is 3.53. The van der Waals surface area contributed by atoms with E-state index in [-0.39, 0.29) is 5.54 Å². The van der Waals surface area contributed by atoms with Crippen LogP contribution in [0.5, 0.6) is 0 Å². The maximum absolute atomic E-state index is 3.53. The molecule has 1 aromatic rings. The topological polar surface area (TPSA) is 15.3 Å². The van der Waals surface area contributed by atoms with Crippen LogP contribution in [-0.4, -0.2) is 19.1 Å². The second-order valence-corrected chi connectivity index (χ2v) is 6.50. The Bertz CT molecular complexity index is 391. The van der Waals surface area contributed by atoms with Crippen molar-refractivity contribution in [2.45, 2.75) is 59.5 Å². The van der Waals surface area contributed by atoms with E-state index in [1.165, 1.54) is 29.7 Å². The average molecular weight is 262 g/mol. The number of anilines is 1. The van der Waals surface area contributed by atoms with Crippen molar-refractivity contribution < 1.29 is 0 Å². The third kappa shape index (κ3) is 5.65. The zero-order valence-corrected chi connectivity index (χ0v) is 13.5. The Hall–Kier alpha value is -1.02. The van der Waals surface area contributed by atoms with Crippen LogP contribution < -0.4 is 10.2 Å². The first-order valence-corrected chi connectivity index (χ1v) is 7.39. The average Bonchev–Trinajstić information content (AvgIpc) is 2.32. The highest BCUT2D eigenvalue weighted by Crippen LogP contribution is 2.21. The first kappa shape index (κ1) is 16.0. The minimum Gasteiger partial charge on any atom is -0.374 e. The van der Waals surface area contributed by atoms with Crippen LogP contribution >= 0.6 is 0 Å². The van der Waals surface area contributed by atoms with Gasteiger partial charge < -0.3 is 10.2 Å². The van der Waals surface area contributed by atoms with Gasteiger partial charge in [0.15, 0.2) is 0 Å². The number of aryl methyl sites for hydroxylation is 1. The van der Waals surface area contributed by atoms with Crippen molar-refractivity contribution in [3.05, 3.63) is 29.3 Å². The lowest BCUT2D eigenvalue weighted by Gasteiger charge is -2.23. The Kier molecular flexibility index (Phi) is 5.86. The van der Waals surface area contributed by atoms with Crippen LogP contribution in [0.4, 0.5) is 5.69 Å². The van der Waals surface area contributed by atoms with Gasteiger partial charge in [0.05, 0.1) is 0 Å². The molecule has 0 aromatic heterocycles. The monoisotopic (exact) mass is 262 g/mol. The zero-order valence-electron chi connectivity index (χ0n) is 13.5. The molecule has 0 spiro atoms. The number of rotatable bonds is 6. The van der Waals surface area contributed by atoms with Gasteiger partial charge >= 0.3 is 0 Å². The van der Waals surface area contributed by atoms with E-state index >= 15 is 0 Å². The van der Waals surface area contributed by atoms with Crippen molar-refractivity contribution in [3.63, 3.8) is 0 Å². The van der Waals surface area contributed by atoms with E-state index in [4.69, 9.17) is 0 Å². The predicted molar refractivity (Wildman–Crippen MR) is 85.9 cm³/mol. The van der Waals surface area contributed by atoms with Crippen molar-refractivity contribution in [3.8, 4) is 0 Å². The van der Waals surface area contributed by atoms with Gasteiger partial charge in [-0.2, -0.15) is 0 Å². The van der Waals surface area contributed by atoms with E-state index in [0.29, 0.717) is 0 Å². The molecule has 2 heteroatoms. The number of hydrogen-bond donors (Lipinski definition) is 1. The molecule has 0 heterocycles. The zero-order chi connectivity index (χ0) is 14.5. The van der Waals surface area contributed by atoms with Crippen LogP contribution in [-0.2, 0) is 6.54 Å². The molecule has 0 saturated carbocycles. The van der Waals surface area contributed by atoms with Crippen LogP contribution in [0.3, 0.4) is 0 Å². The molecule has 108 valence electrons. The van der Waals surface area contributed by atoms with Crippen LogP contribution in [0.2, 0.25) is 0 Å². The Morgan fingerprint density at radius 3 is 2.42 bits per heavy atom. The van der Waals surface area contributed by atoms with Gasteiger partial charge in [-0.3, -0.25) is 0 Å². The lowest BCUT2D eigenvalue weighted by atomic mass is 10.1. The number of unbranched alkanes of at least 4 members (excludes halogenated alkanes) is 1. The molecule has 19 heavy (non-hydrogen) atoms. The Balaban J connectivity index is 2.69. The molecule has 1 aromatic carbocycles. The van der Waals surface area contributed by atoms with E-state index in [1.807, 2.05) is 0 Å². The summed E-state index contributed by atoms with van der Waals surface area (Å²) < 4.78 is 0. The molecule has 0 radical (unpaired) electrons. The van der Waals surface area contributed by atoms with Crippen molar-refractivity contribution in [1.29, 1.82) is 0 Å². The summed E-state index contributed by atoms with van der Waals surface area (Å²) in [6.07, 6.45) is 2.50. The van der Waals surface area contributed by atoms with Crippen LogP contribution in [0, 0.1) is 6.92 Å². The normalized spacial score (nSPS) is 11.7. The second-order valence-electron chi connectivity index (χ2n) is 6.50. The molecule has 1 N–H and O–H groups in total. The molecule has 0 aliphatic heterocycles. The summed E-state index contributed by atoms with van der Waals surface area (Å²) in [7, 11) is 2.19. The molecule has 0 unspecified atom stereocenters. The summed E-state index contributed by atoms with van der Waals surface area (Å²) >= 11 is 0. The molecule has 0 aliphatic carbocycles. The number of nitrogens with zero attached hydrogens (tertiary/aromatic N) is 1. The molecule has 0 amide bonds.